The number of amides is 1. The lowest BCUT2D eigenvalue weighted by atomic mass is 10.2. The summed E-state index contributed by atoms with van der Waals surface area (Å²) in [5.41, 5.74) is 0. The molecule has 9 heteroatoms. The highest BCUT2D eigenvalue weighted by molar-refractivity contribution is 7.58. The number of esters is 1. The molecule has 1 unspecified atom stereocenters. The molecular formula is C16H32NO7P. The van der Waals surface area contributed by atoms with Crippen LogP contribution in [0.5, 0.6) is 0 Å². The molecule has 0 aromatic rings. The number of hydrogen-bond acceptors (Lipinski definition) is 6. The van der Waals surface area contributed by atoms with Crippen molar-refractivity contribution in [1.82, 2.24) is 5.32 Å². The molecule has 0 fully saturated rings. The van der Waals surface area contributed by atoms with E-state index in [-0.39, 0.29) is 31.0 Å². The molecule has 0 saturated heterocycles. The second kappa shape index (κ2) is 11.5. The molecule has 0 rings (SSSR count). The quantitative estimate of drug-likeness (QED) is 0.286. The Labute approximate surface area is 149 Å². The fourth-order valence-corrected chi connectivity index (χ4v) is 3.33. The number of ether oxygens (including phenoxy) is 2. The maximum Gasteiger partial charge on any atom is 0.410 e. The van der Waals surface area contributed by atoms with Gasteiger partial charge >= 0.3 is 12.1 Å². The van der Waals surface area contributed by atoms with Crippen molar-refractivity contribution in [3.63, 3.8) is 0 Å². The molecule has 0 aromatic heterocycles. The highest BCUT2D eigenvalue weighted by Crippen LogP contribution is 2.46. The van der Waals surface area contributed by atoms with Gasteiger partial charge in [0.25, 0.3) is 6.29 Å². The third kappa shape index (κ3) is 9.82. The van der Waals surface area contributed by atoms with Gasteiger partial charge in [-0.3, -0.25) is 9.36 Å². The van der Waals surface area contributed by atoms with Crippen molar-refractivity contribution < 1.29 is 33.6 Å². The van der Waals surface area contributed by atoms with E-state index in [1.54, 1.807) is 27.7 Å². The number of unbranched alkanes of at least 4 members (excludes halogenated alkanes) is 1. The molecule has 3 atom stereocenters. The first-order valence-electron chi connectivity index (χ1n) is 8.65. The van der Waals surface area contributed by atoms with Gasteiger partial charge in [0.1, 0.15) is 5.85 Å². The van der Waals surface area contributed by atoms with Crippen LogP contribution in [-0.4, -0.2) is 46.9 Å². The minimum Gasteiger partial charge on any atom is -0.425 e. The third-order valence-corrected chi connectivity index (χ3v) is 5.59. The van der Waals surface area contributed by atoms with Gasteiger partial charge in [-0.15, -0.1) is 0 Å². The molecule has 3 N–H and O–H groups in total. The Morgan fingerprint density at radius 1 is 1.16 bits per heavy atom. The summed E-state index contributed by atoms with van der Waals surface area (Å²) in [6.07, 6.45) is -0.539. The van der Waals surface area contributed by atoms with Gasteiger partial charge in [-0.05, 0) is 6.42 Å². The molecule has 0 saturated carbocycles. The zero-order valence-electron chi connectivity index (χ0n) is 15.7. The van der Waals surface area contributed by atoms with Crippen LogP contribution in [0.15, 0.2) is 0 Å². The van der Waals surface area contributed by atoms with Gasteiger partial charge in [-0.25, -0.2) is 4.79 Å². The molecule has 0 aromatic carbocycles. The maximum absolute atomic E-state index is 11.9. The van der Waals surface area contributed by atoms with E-state index in [2.05, 4.69) is 5.32 Å². The van der Waals surface area contributed by atoms with Gasteiger partial charge < -0.3 is 24.8 Å². The van der Waals surface area contributed by atoms with Crippen molar-refractivity contribution >= 4 is 19.4 Å². The largest absolute Gasteiger partial charge is 0.425 e. The number of hydrogen-bond donors (Lipinski definition) is 3. The van der Waals surface area contributed by atoms with Gasteiger partial charge in [-0.1, -0.05) is 41.0 Å². The maximum atomic E-state index is 11.9. The van der Waals surface area contributed by atoms with Gasteiger partial charge in [0.2, 0.25) is 7.37 Å². The molecule has 0 aliphatic heterocycles. The van der Waals surface area contributed by atoms with Crippen molar-refractivity contribution in [2.45, 2.75) is 66.0 Å². The number of carbonyl (C=O) groups is 2. The minimum atomic E-state index is -3.64. The first-order chi connectivity index (χ1) is 11.5. The summed E-state index contributed by atoms with van der Waals surface area (Å²) in [4.78, 5) is 33.1. The normalized spacial score (nSPS) is 16.2. The molecule has 148 valence electrons. The number of nitrogens with one attached hydrogen (secondary N) is 1. The zero-order chi connectivity index (χ0) is 19.6. The summed E-state index contributed by atoms with van der Waals surface area (Å²) in [6, 6.07) is 0. The SMILES string of the molecule is CCCCP(=O)(O)[C@@H](O)CCNC(=O)O[C@H](OC(=O)C(C)C)C(C)C. The molecule has 1 amide bonds. The molecule has 0 spiro atoms. The lowest BCUT2D eigenvalue weighted by molar-refractivity contribution is -0.178. The van der Waals surface area contributed by atoms with Gasteiger partial charge in [0.05, 0.1) is 5.92 Å². The monoisotopic (exact) mass is 381 g/mol. The van der Waals surface area contributed by atoms with Crippen molar-refractivity contribution in [3.05, 3.63) is 0 Å². The lowest BCUT2D eigenvalue weighted by Gasteiger charge is -2.23. The number of aliphatic hydroxyl groups is 1. The minimum absolute atomic E-state index is 0.0282. The Bertz CT molecular complexity index is 467. The summed E-state index contributed by atoms with van der Waals surface area (Å²) in [6.45, 7) is 8.69. The number of rotatable bonds is 11. The summed E-state index contributed by atoms with van der Waals surface area (Å²) < 4.78 is 22.1. The Balaban J connectivity index is 4.36. The lowest BCUT2D eigenvalue weighted by Crippen LogP contribution is -2.36. The second-order valence-electron chi connectivity index (χ2n) is 6.64. The van der Waals surface area contributed by atoms with Crippen LogP contribution in [0, 0.1) is 11.8 Å². The zero-order valence-corrected chi connectivity index (χ0v) is 16.6. The highest BCUT2D eigenvalue weighted by Gasteiger charge is 2.28. The Morgan fingerprint density at radius 3 is 2.24 bits per heavy atom. The molecule has 0 heterocycles. The summed E-state index contributed by atoms with van der Waals surface area (Å²) in [7, 11) is -3.64. The van der Waals surface area contributed by atoms with E-state index in [1.807, 2.05) is 6.92 Å². The van der Waals surface area contributed by atoms with E-state index < -0.39 is 31.6 Å². The smallest absolute Gasteiger partial charge is 0.410 e. The molecule has 0 aliphatic rings. The Hall–Kier alpha value is -1.11. The van der Waals surface area contributed by atoms with E-state index in [0.717, 1.165) is 6.42 Å². The first kappa shape index (κ1) is 23.9. The number of carbonyl (C=O) groups excluding carboxylic acids is 2. The molecule has 25 heavy (non-hydrogen) atoms. The number of aliphatic hydroxyl groups excluding tert-OH is 1. The van der Waals surface area contributed by atoms with E-state index in [9.17, 15) is 24.2 Å². The van der Waals surface area contributed by atoms with E-state index in [0.29, 0.717) is 6.42 Å². The Kier molecular flexibility index (Phi) is 11.0. The van der Waals surface area contributed by atoms with Gasteiger partial charge in [0.15, 0.2) is 0 Å². The highest BCUT2D eigenvalue weighted by atomic mass is 31.2. The summed E-state index contributed by atoms with van der Waals surface area (Å²) in [5, 5.41) is 12.2. The average Bonchev–Trinajstić information content (AvgIpc) is 2.51. The van der Waals surface area contributed by atoms with Crippen molar-refractivity contribution in [2.24, 2.45) is 11.8 Å². The van der Waals surface area contributed by atoms with E-state index in [1.165, 1.54) is 0 Å². The molecule has 8 nitrogen and oxygen atoms in total. The third-order valence-electron chi connectivity index (χ3n) is 3.44. The van der Waals surface area contributed by atoms with Crippen molar-refractivity contribution in [2.75, 3.05) is 12.7 Å². The fourth-order valence-electron chi connectivity index (χ4n) is 1.73. The molecular weight excluding hydrogens is 349 g/mol. The number of alkyl carbamates (subject to hydrolysis) is 1. The van der Waals surface area contributed by atoms with E-state index >= 15 is 0 Å². The van der Waals surface area contributed by atoms with Crippen molar-refractivity contribution in [1.29, 1.82) is 0 Å². The predicted octanol–water partition coefficient (Wildman–Crippen LogP) is 2.67. The van der Waals surface area contributed by atoms with Crippen LogP contribution in [-0.2, 0) is 18.8 Å². The van der Waals surface area contributed by atoms with Crippen LogP contribution >= 0.6 is 7.37 Å². The molecule has 0 aliphatic carbocycles. The van der Waals surface area contributed by atoms with Crippen LogP contribution in [0.1, 0.15) is 53.9 Å². The Morgan fingerprint density at radius 2 is 1.76 bits per heavy atom. The molecule has 0 bridgehead atoms. The van der Waals surface area contributed by atoms with Crippen LogP contribution in [0.3, 0.4) is 0 Å². The van der Waals surface area contributed by atoms with E-state index in [4.69, 9.17) is 9.47 Å². The molecule has 0 radical (unpaired) electrons. The van der Waals surface area contributed by atoms with Crippen LogP contribution in [0.4, 0.5) is 4.79 Å². The topological polar surface area (TPSA) is 122 Å². The van der Waals surface area contributed by atoms with Crippen LogP contribution < -0.4 is 5.32 Å². The first-order valence-corrected chi connectivity index (χ1v) is 10.6. The second-order valence-corrected chi connectivity index (χ2v) is 9.19. The summed E-state index contributed by atoms with van der Waals surface area (Å²) >= 11 is 0. The average molecular weight is 381 g/mol. The fraction of sp³-hybridized carbons (Fsp3) is 0.875. The standard InChI is InChI=1S/C16H32NO7P/c1-6-7-10-25(21,22)13(18)8-9-17-16(20)24-15(12(4)5)23-14(19)11(2)3/h11-13,15,18H,6-10H2,1-5H3,(H,17,20)(H,21,22)/t13-,15+/m1/s1. The van der Waals surface area contributed by atoms with Gasteiger partial charge in [-0.2, -0.15) is 0 Å². The van der Waals surface area contributed by atoms with Crippen LogP contribution in [0.25, 0.3) is 0 Å². The van der Waals surface area contributed by atoms with Gasteiger partial charge in [0, 0.05) is 25.0 Å². The van der Waals surface area contributed by atoms with Crippen molar-refractivity contribution in [3.8, 4) is 0 Å². The summed E-state index contributed by atoms with van der Waals surface area (Å²) in [5.74, 6) is -2.44. The predicted molar refractivity (Wildman–Crippen MR) is 94.3 cm³/mol. The van der Waals surface area contributed by atoms with Crippen LogP contribution in [0.2, 0.25) is 0 Å².